The van der Waals surface area contributed by atoms with Gasteiger partial charge in [0.15, 0.2) is 0 Å². The van der Waals surface area contributed by atoms with Gasteiger partial charge in [-0.1, -0.05) is 19.1 Å². The maximum atomic E-state index is 13.3. The average Bonchev–Trinajstić information content (AvgIpc) is 2.88. The molecule has 1 aliphatic heterocycles. The standard InChI is InChI=1S/C27H29N5O4/c1-18-9-12-31(13-10-18)24-8-7-22(15-23(24)27(34)29-17-20-4-3-11-28-16-20)30-26(33)21-6-5-19(2)25(14-21)32(35)36/h3-8,11,14-16,18H,9-10,12-13,17H2,1-2H3,(H,29,34)(H,30,33). The van der Waals surface area contributed by atoms with Crippen LogP contribution in [0.1, 0.15) is 51.6 Å². The number of amides is 2. The first-order valence-corrected chi connectivity index (χ1v) is 11.9. The highest BCUT2D eigenvalue weighted by Crippen LogP contribution is 2.29. The Morgan fingerprint density at radius 2 is 1.89 bits per heavy atom. The topological polar surface area (TPSA) is 117 Å². The van der Waals surface area contributed by atoms with Gasteiger partial charge in [0.25, 0.3) is 17.5 Å². The van der Waals surface area contributed by atoms with Crippen molar-refractivity contribution in [1.29, 1.82) is 0 Å². The molecule has 3 aromatic rings. The van der Waals surface area contributed by atoms with E-state index in [-0.39, 0.29) is 17.2 Å². The third-order valence-corrected chi connectivity index (χ3v) is 6.47. The summed E-state index contributed by atoms with van der Waals surface area (Å²) < 4.78 is 0. The highest BCUT2D eigenvalue weighted by Gasteiger charge is 2.22. The number of hydrogen-bond acceptors (Lipinski definition) is 6. The average molecular weight is 488 g/mol. The number of piperidine rings is 1. The molecular formula is C27H29N5O4. The number of aryl methyl sites for hydroxylation is 1. The van der Waals surface area contributed by atoms with Crippen molar-refractivity contribution in [3.05, 3.63) is 93.3 Å². The Morgan fingerprint density at radius 3 is 2.58 bits per heavy atom. The molecular weight excluding hydrogens is 458 g/mol. The quantitative estimate of drug-likeness (QED) is 0.368. The minimum absolute atomic E-state index is 0.118. The molecule has 4 rings (SSSR count). The van der Waals surface area contributed by atoms with Crippen molar-refractivity contribution >= 4 is 28.9 Å². The van der Waals surface area contributed by atoms with E-state index < -0.39 is 10.8 Å². The molecule has 9 nitrogen and oxygen atoms in total. The maximum absolute atomic E-state index is 13.3. The van der Waals surface area contributed by atoms with Gasteiger partial charge < -0.3 is 15.5 Å². The van der Waals surface area contributed by atoms with Crippen LogP contribution in [0.5, 0.6) is 0 Å². The van der Waals surface area contributed by atoms with Gasteiger partial charge in [-0.3, -0.25) is 24.7 Å². The summed E-state index contributed by atoms with van der Waals surface area (Å²) in [6.07, 6.45) is 5.46. The third kappa shape index (κ3) is 5.86. The van der Waals surface area contributed by atoms with E-state index in [2.05, 4.69) is 27.4 Å². The second kappa shape index (κ2) is 11.0. The van der Waals surface area contributed by atoms with Gasteiger partial charge in [-0.05, 0) is 61.6 Å². The fourth-order valence-electron chi connectivity index (χ4n) is 4.25. The van der Waals surface area contributed by atoms with Crippen LogP contribution in [-0.2, 0) is 6.54 Å². The van der Waals surface area contributed by atoms with Crippen LogP contribution in [0.25, 0.3) is 0 Å². The minimum Gasteiger partial charge on any atom is -0.371 e. The molecule has 2 N–H and O–H groups in total. The molecule has 36 heavy (non-hydrogen) atoms. The van der Waals surface area contributed by atoms with Crippen LogP contribution in [0.2, 0.25) is 0 Å². The number of carbonyl (C=O) groups is 2. The summed E-state index contributed by atoms with van der Waals surface area (Å²) >= 11 is 0. The van der Waals surface area contributed by atoms with Crippen LogP contribution in [-0.4, -0.2) is 34.8 Å². The molecule has 0 atom stereocenters. The van der Waals surface area contributed by atoms with Crippen molar-refractivity contribution in [3.63, 3.8) is 0 Å². The predicted octanol–water partition coefficient (Wildman–Crippen LogP) is 4.72. The first-order chi connectivity index (χ1) is 17.3. The van der Waals surface area contributed by atoms with Crippen LogP contribution in [0.3, 0.4) is 0 Å². The molecule has 2 heterocycles. The van der Waals surface area contributed by atoms with Gasteiger partial charge in [0.1, 0.15) is 0 Å². The Labute approximate surface area is 209 Å². The van der Waals surface area contributed by atoms with E-state index in [1.54, 1.807) is 43.6 Å². The summed E-state index contributed by atoms with van der Waals surface area (Å²) in [5, 5.41) is 17.0. The zero-order valence-corrected chi connectivity index (χ0v) is 20.4. The number of nitro benzene ring substituents is 1. The van der Waals surface area contributed by atoms with Gasteiger partial charge >= 0.3 is 0 Å². The number of anilines is 2. The second-order valence-electron chi connectivity index (χ2n) is 9.16. The molecule has 1 aromatic heterocycles. The van der Waals surface area contributed by atoms with E-state index in [4.69, 9.17) is 0 Å². The first kappa shape index (κ1) is 24.8. The summed E-state index contributed by atoms with van der Waals surface area (Å²) in [4.78, 5) is 43.2. The predicted molar refractivity (Wildman–Crippen MR) is 138 cm³/mol. The molecule has 0 unspecified atom stereocenters. The van der Waals surface area contributed by atoms with Gasteiger partial charge in [-0.2, -0.15) is 0 Å². The van der Waals surface area contributed by atoms with E-state index in [9.17, 15) is 19.7 Å². The Balaban J connectivity index is 1.58. The summed E-state index contributed by atoms with van der Waals surface area (Å²) in [7, 11) is 0. The molecule has 0 spiro atoms. The molecule has 0 saturated carbocycles. The number of nitro groups is 1. The zero-order chi connectivity index (χ0) is 25.7. The Hall–Kier alpha value is -4.27. The van der Waals surface area contributed by atoms with Crippen LogP contribution in [0.15, 0.2) is 60.9 Å². The molecule has 186 valence electrons. The van der Waals surface area contributed by atoms with Gasteiger partial charge in [0.2, 0.25) is 0 Å². The zero-order valence-electron chi connectivity index (χ0n) is 20.4. The van der Waals surface area contributed by atoms with Crippen molar-refractivity contribution in [2.24, 2.45) is 5.92 Å². The number of hydrogen-bond donors (Lipinski definition) is 2. The minimum atomic E-state index is -0.509. The lowest BCUT2D eigenvalue weighted by molar-refractivity contribution is -0.385. The van der Waals surface area contributed by atoms with Crippen molar-refractivity contribution in [2.45, 2.75) is 33.2 Å². The van der Waals surface area contributed by atoms with Gasteiger partial charge in [0.05, 0.1) is 10.5 Å². The number of aromatic nitrogens is 1. The van der Waals surface area contributed by atoms with Gasteiger partial charge in [0, 0.05) is 60.6 Å². The van der Waals surface area contributed by atoms with Crippen LogP contribution in [0.4, 0.5) is 17.1 Å². The van der Waals surface area contributed by atoms with E-state index in [1.165, 1.54) is 6.07 Å². The largest absolute Gasteiger partial charge is 0.371 e. The lowest BCUT2D eigenvalue weighted by Gasteiger charge is -2.33. The lowest BCUT2D eigenvalue weighted by atomic mass is 9.97. The van der Waals surface area contributed by atoms with E-state index in [1.807, 2.05) is 18.2 Å². The molecule has 1 aliphatic rings. The molecule has 0 radical (unpaired) electrons. The Kier molecular flexibility index (Phi) is 7.58. The fourth-order valence-corrected chi connectivity index (χ4v) is 4.25. The number of carbonyl (C=O) groups excluding carboxylic acids is 2. The van der Waals surface area contributed by atoms with Gasteiger partial charge in [-0.15, -0.1) is 0 Å². The van der Waals surface area contributed by atoms with Crippen LogP contribution in [0, 0.1) is 23.0 Å². The van der Waals surface area contributed by atoms with E-state index in [0.717, 1.165) is 37.2 Å². The fraction of sp³-hybridized carbons (Fsp3) is 0.296. The molecule has 1 fully saturated rings. The Morgan fingerprint density at radius 1 is 1.11 bits per heavy atom. The first-order valence-electron chi connectivity index (χ1n) is 11.9. The highest BCUT2D eigenvalue weighted by atomic mass is 16.6. The molecule has 1 saturated heterocycles. The number of nitrogens with one attached hydrogen (secondary N) is 2. The maximum Gasteiger partial charge on any atom is 0.273 e. The van der Waals surface area contributed by atoms with Crippen molar-refractivity contribution in [2.75, 3.05) is 23.3 Å². The number of nitrogens with zero attached hydrogens (tertiary/aromatic N) is 3. The molecule has 2 aromatic carbocycles. The molecule has 0 bridgehead atoms. The lowest BCUT2D eigenvalue weighted by Crippen LogP contribution is -2.35. The summed E-state index contributed by atoms with van der Waals surface area (Å²) in [6.45, 7) is 5.88. The SMILES string of the molecule is Cc1ccc(C(=O)Nc2ccc(N3CCC(C)CC3)c(C(=O)NCc3cccnc3)c2)cc1[N+](=O)[O-]. The molecule has 9 heteroatoms. The normalized spacial score (nSPS) is 13.8. The number of benzene rings is 2. The smallest absolute Gasteiger partial charge is 0.273 e. The van der Waals surface area contributed by atoms with Crippen molar-refractivity contribution in [1.82, 2.24) is 10.3 Å². The van der Waals surface area contributed by atoms with Crippen molar-refractivity contribution in [3.8, 4) is 0 Å². The van der Waals surface area contributed by atoms with Gasteiger partial charge in [-0.25, -0.2) is 0 Å². The van der Waals surface area contributed by atoms with Crippen LogP contribution < -0.4 is 15.5 Å². The summed E-state index contributed by atoms with van der Waals surface area (Å²) in [5.41, 5.74) is 3.12. The van der Waals surface area contributed by atoms with E-state index >= 15 is 0 Å². The summed E-state index contributed by atoms with van der Waals surface area (Å²) in [6, 6.07) is 13.3. The second-order valence-corrected chi connectivity index (χ2v) is 9.16. The third-order valence-electron chi connectivity index (χ3n) is 6.47. The molecule has 0 aliphatic carbocycles. The molecule has 2 amide bonds. The van der Waals surface area contributed by atoms with Crippen LogP contribution >= 0.6 is 0 Å². The number of pyridine rings is 1. The number of rotatable bonds is 7. The highest BCUT2D eigenvalue weighted by molar-refractivity contribution is 6.06. The van der Waals surface area contributed by atoms with Crippen molar-refractivity contribution < 1.29 is 14.5 Å². The Bertz CT molecular complexity index is 1270. The monoisotopic (exact) mass is 487 g/mol. The van der Waals surface area contributed by atoms with E-state index in [0.29, 0.717) is 29.3 Å². The summed E-state index contributed by atoms with van der Waals surface area (Å²) in [5.74, 6) is -0.102.